The molecule has 0 unspecified atom stereocenters. The summed E-state index contributed by atoms with van der Waals surface area (Å²) in [5.74, 6) is 0.561. The van der Waals surface area contributed by atoms with E-state index >= 15 is 0 Å². The number of hydrogen-bond acceptors (Lipinski definition) is 3. The molecule has 26 heavy (non-hydrogen) atoms. The van der Waals surface area contributed by atoms with Crippen LogP contribution in [0, 0.1) is 3.57 Å². The van der Waals surface area contributed by atoms with Gasteiger partial charge in [-0.25, -0.2) is 4.79 Å². The van der Waals surface area contributed by atoms with E-state index < -0.39 is 8.32 Å². The van der Waals surface area contributed by atoms with Crippen molar-refractivity contribution in [3.05, 3.63) is 50.0 Å². The van der Waals surface area contributed by atoms with Gasteiger partial charge in [0, 0.05) is 13.6 Å². The van der Waals surface area contributed by atoms with Crippen LogP contribution in [0.15, 0.2) is 40.9 Å². The lowest BCUT2D eigenvalue weighted by atomic mass is 10.0. The zero-order valence-corrected chi connectivity index (χ0v) is 20.7. The Morgan fingerprint density at radius 3 is 2.15 bits per heavy atom. The molecule has 0 bridgehead atoms. The van der Waals surface area contributed by atoms with E-state index in [1.165, 1.54) is 7.11 Å². The van der Waals surface area contributed by atoms with E-state index in [9.17, 15) is 4.79 Å². The number of benzene rings is 2. The molecule has 140 valence electrons. The molecule has 2 aromatic carbocycles. The van der Waals surface area contributed by atoms with Crippen molar-refractivity contribution in [2.45, 2.75) is 38.9 Å². The molecule has 0 radical (unpaired) electrons. The van der Waals surface area contributed by atoms with Gasteiger partial charge in [0.05, 0.1) is 12.7 Å². The standard InChI is InChI=1S/C20H24BrIO3Si/c1-20(2,3)26(5,6)25-15-9-7-13(8-10-15)18-16(21)11-14(12-17(18)22)19(23)24-4/h7-12H,1-6H3. The minimum absolute atomic E-state index is 0.161. The number of methoxy groups -OCH3 is 1. The predicted molar refractivity (Wildman–Crippen MR) is 121 cm³/mol. The molecular weight excluding hydrogens is 523 g/mol. The van der Waals surface area contributed by atoms with Crippen LogP contribution in [-0.4, -0.2) is 21.4 Å². The first-order valence-corrected chi connectivity index (χ1v) is 13.1. The second kappa shape index (κ2) is 8.02. The Labute approximate surface area is 178 Å². The van der Waals surface area contributed by atoms with Crippen molar-refractivity contribution in [1.29, 1.82) is 0 Å². The maximum Gasteiger partial charge on any atom is 0.337 e. The third-order valence-electron chi connectivity index (χ3n) is 4.79. The van der Waals surface area contributed by atoms with Crippen molar-refractivity contribution in [2.24, 2.45) is 0 Å². The number of carbonyl (C=O) groups is 1. The summed E-state index contributed by atoms with van der Waals surface area (Å²) in [6, 6.07) is 11.8. The highest BCUT2D eigenvalue weighted by molar-refractivity contribution is 14.1. The van der Waals surface area contributed by atoms with Crippen LogP contribution in [0.2, 0.25) is 18.1 Å². The number of halogens is 2. The van der Waals surface area contributed by atoms with E-state index in [2.05, 4.69) is 84.5 Å². The monoisotopic (exact) mass is 546 g/mol. The van der Waals surface area contributed by atoms with Crippen LogP contribution in [0.25, 0.3) is 11.1 Å². The van der Waals surface area contributed by atoms with Crippen LogP contribution in [0.1, 0.15) is 31.1 Å². The fourth-order valence-electron chi connectivity index (χ4n) is 2.22. The Morgan fingerprint density at radius 1 is 1.12 bits per heavy atom. The minimum atomic E-state index is -1.85. The number of rotatable bonds is 4. The van der Waals surface area contributed by atoms with Crippen molar-refractivity contribution < 1.29 is 14.0 Å². The van der Waals surface area contributed by atoms with Crippen LogP contribution < -0.4 is 4.43 Å². The second-order valence-electron chi connectivity index (χ2n) is 7.69. The third kappa shape index (κ3) is 4.70. The molecule has 0 N–H and O–H groups in total. The smallest absolute Gasteiger partial charge is 0.337 e. The molecule has 2 rings (SSSR count). The molecule has 3 nitrogen and oxygen atoms in total. The summed E-state index contributed by atoms with van der Waals surface area (Å²) in [4.78, 5) is 11.8. The molecule has 0 amide bonds. The van der Waals surface area contributed by atoms with Crippen LogP contribution in [0.4, 0.5) is 0 Å². The van der Waals surface area contributed by atoms with E-state index in [4.69, 9.17) is 9.16 Å². The number of hydrogen-bond donors (Lipinski definition) is 0. The molecule has 0 fully saturated rings. The fourth-order valence-corrected chi connectivity index (χ4v) is 5.25. The van der Waals surface area contributed by atoms with Crippen LogP contribution in [-0.2, 0) is 4.74 Å². The SMILES string of the molecule is COC(=O)c1cc(Br)c(-c2ccc(O[Si](C)(C)C(C)(C)C)cc2)c(I)c1. The quantitative estimate of drug-likeness (QED) is 0.238. The summed E-state index contributed by atoms with van der Waals surface area (Å²) >= 11 is 5.83. The zero-order chi connectivity index (χ0) is 19.7. The van der Waals surface area contributed by atoms with E-state index in [1.54, 1.807) is 6.07 Å². The van der Waals surface area contributed by atoms with Gasteiger partial charge in [0.1, 0.15) is 5.75 Å². The number of carbonyl (C=O) groups excluding carboxylic acids is 1. The highest BCUT2D eigenvalue weighted by atomic mass is 127. The molecule has 2 aromatic rings. The van der Waals surface area contributed by atoms with Gasteiger partial charge in [-0.15, -0.1) is 0 Å². The molecule has 0 saturated heterocycles. The first-order chi connectivity index (χ1) is 12.0. The van der Waals surface area contributed by atoms with Gasteiger partial charge in [-0.05, 0) is 70.6 Å². The molecular formula is C20H24BrIO3Si. The average Bonchev–Trinajstić information content (AvgIpc) is 2.53. The maximum atomic E-state index is 11.8. The first kappa shape index (κ1) is 21.4. The van der Waals surface area contributed by atoms with Crippen LogP contribution in [0.5, 0.6) is 5.75 Å². The molecule has 0 aliphatic heterocycles. The number of ether oxygens (including phenoxy) is 1. The van der Waals surface area contributed by atoms with Crippen molar-refractivity contribution in [3.8, 4) is 16.9 Å². The average molecular weight is 547 g/mol. The van der Waals surface area contributed by atoms with E-state index in [-0.39, 0.29) is 11.0 Å². The molecule has 0 heterocycles. The van der Waals surface area contributed by atoms with Gasteiger partial charge in [0.25, 0.3) is 0 Å². The molecule has 0 atom stereocenters. The topological polar surface area (TPSA) is 35.5 Å². The first-order valence-electron chi connectivity index (χ1n) is 8.33. The minimum Gasteiger partial charge on any atom is -0.544 e. The summed E-state index contributed by atoms with van der Waals surface area (Å²) < 4.78 is 13.0. The Balaban J connectivity index is 2.33. The van der Waals surface area contributed by atoms with Gasteiger partial charge in [0.2, 0.25) is 8.32 Å². The lowest BCUT2D eigenvalue weighted by Crippen LogP contribution is -2.43. The molecule has 0 saturated carbocycles. The second-order valence-corrected chi connectivity index (χ2v) is 14.4. The van der Waals surface area contributed by atoms with Crippen molar-refractivity contribution >= 4 is 52.8 Å². The summed E-state index contributed by atoms with van der Waals surface area (Å²) in [7, 11) is -0.464. The van der Waals surface area contributed by atoms with Gasteiger partial charge in [-0.1, -0.05) is 48.8 Å². The van der Waals surface area contributed by atoms with E-state index in [0.29, 0.717) is 5.56 Å². The fraction of sp³-hybridized carbons (Fsp3) is 0.350. The molecule has 0 aromatic heterocycles. The lowest BCUT2D eigenvalue weighted by molar-refractivity contribution is 0.0600. The number of esters is 1. The Bertz CT molecular complexity index is 788. The van der Waals surface area contributed by atoms with Crippen molar-refractivity contribution in [2.75, 3.05) is 7.11 Å². The molecule has 0 spiro atoms. The molecule has 6 heteroatoms. The van der Waals surface area contributed by atoms with Crippen molar-refractivity contribution in [3.63, 3.8) is 0 Å². The van der Waals surface area contributed by atoms with Crippen molar-refractivity contribution in [1.82, 2.24) is 0 Å². The van der Waals surface area contributed by atoms with Gasteiger partial charge < -0.3 is 9.16 Å². The van der Waals surface area contributed by atoms with Gasteiger partial charge >= 0.3 is 5.97 Å². The predicted octanol–water partition coefficient (Wildman–Crippen LogP) is 6.89. The maximum absolute atomic E-state index is 11.8. The molecule has 0 aliphatic carbocycles. The van der Waals surface area contributed by atoms with Crippen LogP contribution >= 0.6 is 38.5 Å². The Morgan fingerprint density at radius 2 is 1.69 bits per heavy atom. The van der Waals surface area contributed by atoms with Gasteiger partial charge in [-0.3, -0.25) is 0 Å². The van der Waals surface area contributed by atoms with Crippen LogP contribution in [0.3, 0.4) is 0 Å². The summed E-state index contributed by atoms with van der Waals surface area (Å²) in [6.07, 6.45) is 0. The van der Waals surface area contributed by atoms with Gasteiger partial charge in [0.15, 0.2) is 0 Å². The van der Waals surface area contributed by atoms with E-state index in [1.807, 2.05) is 18.2 Å². The summed E-state index contributed by atoms with van der Waals surface area (Å²) in [5.41, 5.74) is 2.66. The summed E-state index contributed by atoms with van der Waals surface area (Å²) in [5, 5.41) is 0.161. The Kier molecular flexibility index (Phi) is 6.61. The normalized spacial score (nSPS) is 12.0. The zero-order valence-electron chi connectivity index (χ0n) is 15.9. The molecule has 0 aliphatic rings. The Hall–Kier alpha value is -0.863. The highest BCUT2D eigenvalue weighted by Gasteiger charge is 2.38. The van der Waals surface area contributed by atoms with Gasteiger partial charge in [-0.2, -0.15) is 0 Å². The third-order valence-corrected chi connectivity index (χ3v) is 10.6. The van der Waals surface area contributed by atoms with E-state index in [0.717, 1.165) is 24.9 Å². The lowest BCUT2D eigenvalue weighted by Gasteiger charge is -2.36. The summed E-state index contributed by atoms with van der Waals surface area (Å²) in [6.45, 7) is 11.2. The largest absolute Gasteiger partial charge is 0.544 e. The highest BCUT2D eigenvalue weighted by Crippen LogP contribution is 2.39.